The number of aryl methyl sites for hydroxylation is 1. The molecule has 1 heterocycles. The number of hydrogen-bond donors (Lipinski definition) is 1. The first kappa shape index (κ1) is 23.2. The Morgan fingerprint density at radius 2 is 1.68 bits per heavy atom. The molecule has 0 spiro atoms. The molecule has 0 atom stereocenters. The van der Waals surface area contributed by atoms with E-state index in [-0.39, 0.29) is 11.9 Å². The number of hydrogen-bond acceptors (Lipinski definition) is 4. The first-order chi connectivity index (χ1) is 16.5. The smallest absolute Gasteiger partial charge is 0.324 e. The third-order valence-corrected chi connectivity index (χ3v) is 5.84. The molecule has 7 heteroatoms. The van der Waals surface area contributed by atoms with E-state index in [4.69, 9.17) is 9.47 Å². The van der Waals surface area contributed by atoms with Crippen LogP contribution in [0.1, 0.15) is 27.9 Å². The van der Waals surface area contributed by atoms with E-state index >= 15 is 0 Å². The van der Waals surface area contributed by atoms with Crippen molar-refractivity contribution in [3.05, 3.63) is 83.4 Å². The van der Waals surface area contributed by atoms with Gasteiger partial charge in [0.15, 0.2) is 0 Å². The predicted octanol–water partition coefficient (Wildman–Crippen LogP) is 5.10. The molecule has 1 aliphatic heterocycles. The Labute approximate surface area is 199 Å². The third kappa shape index (κ3) is 5.14. The number of rotatable bonds is 7. The van der Waals surface area contributed by atoms with Crippen LogP contribution in [0.25, 0.3) is 0 Å². The average Bonchev–Trinajstić information content (AvgIpc) is 2.86. The van der Waals surface area contributed by atoms with Gasteiger partial charge in [0.05, 0.1) is 25.6 Å². The zero-order chi connectivity index (χ0) is 24.1. The molecule has 0 aromatic heterocycles. The molecule has 0 saturated carbocycles. The summed E-state index contributed by atoms with van der Waals surface area (Å²) < 4.78 is 10.6. The summed E-state index contributed by atoms with van der Waals surface area (Å²) in [7, 11) is 3.19. The largest absolute Gasteiger partial charge is 0.497 e. The highest BCUT2D eigenvalue weighted by atomic mass is 16.5. The van der Waals surface area contributed by atoms with E-state index in [1.54, 1.807) is 43.4 Å². The van der Waals surface area contributed by atoms with Crippen LogP contribution >= 0.6 is 0 Å². The van der Waals surface area contributed by atoms with Gasteiger partial charge < -0.3 is 19.7 Å². The molecule has 3 amide bonds. The fraction of sp³-hybridized carbons (Fsp3) is 0.259. The van der Waals surface area contributed by atoms with Crippen LogP contribution in [0.4, 0.5) is 16.2 Å². The van der Waals surface area contributed by atoms with E-state index in [1.807, 2.05) is 54.3 Å². The number of amides is 3. The van der Waals surface area contributed by atoms with E-state index in [0.717, 1.165) is 23.3 Å². The standard InChI is InChI=1S/C27H29N3O4/c1-19-11-12-25(24(15-19)28-26(31)21-8-5-10-23(17-21)34-3)30-14-6-13-29(27(30)32)18-20-7-4-9-22(16-20)33-2/h4-5,7-12,15-17H,6,13-14,18H2,1-3H3,(H,28,31). The molecule has 3 aromatic carbocycles. The predicted molar refractivity (Wildman–Crippen MR) is 133 cm³/mol. The quantitative estimate of drug-likeness (QED) is 0.534. The number of methoxy groups -OCH3 is 2. The van der Waals surface area contributed by atoms with Crippen LogP contribution in [0.3, 0.4) is 0 Å². The second-order valence-electron chi connectivity index (χ2n) is 8.27. The average molecular weight is 460 g/mol. The SMILES string of the molecule is COc1cccc(CN2CCCN(c3ccc(C)cc3NC(=O)c3cccc(OC)c3)C2=O)c1. The van der Waals surface area contributed by atoms with E-state index in [0.29, 0.717) is 42.3 Å². The Morgan fingerprint density at radius 3 is 2.44 bits per heavy atom. The van der Waals surface area contributed by atoms with Gasteiger partial charge in [-0.05, 0) is 66.9 Å². The summed E-state index contributed by atoms with van der Waals surface area (Å²) in [6.45, 7) is 3.70. The molecular weight excluding hydrogens is 430 g/mol. The van der Waals surface area contributed by atoms with E-state index in [1.165, 1.54) is 0 Å². The Kier molecular flexibility index (Phi) is 7.01. The number of nitrogens with zero attached hydrogens (tertiary/aromatic N) is 2. The highest BCUT2D eigenvalue weighted by Crippen LogP contribution is 2.31. The molecule has 4 rings (SSSR count). The molecule has 0 bridgehead atoms. The van der Waals surface area contributed by atoms with Crippen molar-refractivity contribution in [3.8, 4) is 11.5 Å². The molecule has 0 unspecified atom stereocenters. The monoisotopic (exact) mass is 459 g/mol. The van der Waals surface area contributed by atoms with E-state index in [2.05, 4.69) is 5.32 Å². The minimum atomic E-state index is -0.261. The molecule has 1 N–H and O–H groups in total. The minimum absolute atomic E-state index is 0.0881. The van der Waals surface area contributed by atoms with E-state index in [9.17, 15) is 9.59 Å². The van der Waals surface area contributed by atoms with Crippen LogP contribution in [0, 0.1) is 6.92 Å². The molecule has 7 nitrogen and oxygen atoms in total. The number of carbonyl (C=O) groups excluding carboxylic acids is 2. The maximum absolute atomic E-state index is 13.5. The molecular formula is C27H29N3O4. The first-order valence-corrected chi connectivity index (χ1v) is 11.2. The summed E-state index contributed by atoms with van der Waals surface area (Å²) >= 11 is 0. The van der Waals surface area contributed by atoms with Crippen molar-refractivity contribution in [3.63, 3.8) is 0 Å². The second kappa shape index (κ2) is 10.3. The van der Waals surface area contributed by atoms with Crippen molar-refractivity contribution >= 4 is 23.3 Å². The van der Waals surface area contributed by atoms with Gasteiger partial charge in [0, 0.05) is 25.2 Å². The van der Waals surface area contributed by atoms with Crippen LogP contribution in [0.2, 0.25) is 0 Å². The van der Waals surface area contributed by atoms with Crippen LogP contribution in [-0.2, 0) is 6.54 Å². The fourth-order valence-electron chi connectivity index (χ4n) is 4.09. The van der Waals surface area contributed by atoms with Crippen molar-refractivity contribution in [1.82, 2.24) is 4.90 Å². The summed E-state index contributed by atoms with van der Waals surface area (Å²) in [5.41, 5.74) is 3.76. The van der Waals surface area contributed by atoms with Crippen LogP contribution < -0.4 is 19.7 Å². The number of anilines is 2. The number of nitrogens with one attached hydrogen (secondary N) is 1. The number of benzene rings is 3. The summed E-state index contributed by atoms with van der Waals surface area (Å²) in [6, 6.07) is 20.4. The topological polar surface area (TPSA) is 71.1 Å². The lowest BCUT2D eigenvalue weighted by atomic mass is 10.1. The highest BCUT2D eigenvalue weighted by Gasteiger charge is 2.29. The maximum Gasteiger partial charge on any atom is 0.324 e. The van der Waals surface area contributed by atoms with Gasteiger partial charge >= 0.3 is 6.03 Å². The molecule has 176 valence electrons. The van der Waals surface area contributed by atoms with Gasteiger partial charge in [0.2, 0.25) is 0 Å². The lowest BCUT2D eigenvalue weighted by molar-refractivity contribution is 0.102. The van der Waals surface area contributed by atoms with Crippen molar-refractivity contribution in [2.24, 2.45) is 0 Å². The summed E-state index contributed by atoms with van der Waals surface area (Å²) in [6.07, 6.45) is 0.826. The lowest BCUT2D eigenvalue weighted by Crippen LogP contribution is -2.49. The zero-order valence-corrected chi connectivity index (χ0v) is 19.7. The Morgan fingerprint density at radius 1 is 0.941 bits per heavy atom. The fourth-order valence-corrected chi connectivity index (χ4v) is 4.09. The van der Waals surface area contributed by atoms with Crippen molar-refractivity contribution in [2.75, 3.05) is 37.5 Å². The van der Waals surface area contributed by atoms with Crippen molar-refractivity contribution in [2.45, 2.75) is 19.9 Å². The van der Waals surface area contributed by atoms with Gasteiger partial charge in [-0.1, -0.05) is 24.3 Å². The molecule has 3 aromatic rings. The van der Waals surface area contributed by atoms with E-state index < -0.39 is 0 Å². The van der Waals surface area contributed by atoms with Crippen molar-refractivity contribution < 1.29 is 19.1 Å². The van der Waals surface area contributed by atoms with Gasteiger partial charge in [-0.2, -0.15) is 0 Å². The van der Waals surface area contributed by atoms with Crippen LogP contribution in [0.15, 0.2) is 66.7 Å². The van der Waals surface area contributed by atoms with Gasteiger partial charge in [0.25, 0.3) is 5.91 Å². The molecule has 34 heavy (non-hydrogen) atoms. The Balaban J connectivity index is 1.57. The molecule has 0 radical (unpaired) electrons. The van der Waals surface area contributed by atoms with Crippen molar-refractivity contribution in [1.29, 1.82) is 0 Å². The summed E-state index contributed by atoms with van der Waals surface area (Å²) in [5, 5.41) is 2.99. The van der Waals surface area contributed by atoms with Gasteiger partial charge in [0.1, 0.15) is 11.5 Å². The highest BCUT2D eigenvalue weighted by molar-refractivity contribution is 6.08. The summed E-state index contributed by atoms with van der Waals surface area (Å²) in [4.78, 5) is 30.0. The first-order valence-electron chi connectivity index (χ1n) is 11.2. The zero-order valence-electron chi connectivity index (χ0n) is 19.7. The van der Waals surface area contributed by atoms with Crippen LogP contribution in [0.5, 0.6) is 11.5 Å². The van der Waals surface area contributed by atoms with Gasteiger partial charge in [-0.25, -0.2) is 4.79 Å². The van der Waals surface area contributed by atoms with Crippen LogP contribution in [-0.4, -0.2) is 44.1 Å². The lowest BCUT2D eigenvalue weighted by Gasteiger charge is -2.36. The maximum atomic E-state index is 13.5. The minimum Gasteiger partial charge on any atom is -0.497 e. The second-order valence-corrected chi connectivity index (χ2v) is 8.27. The Bertz CT molecular complexity index is 1190. The van der Waals surface area contributed by atoms with Gasteiger partial charge in [-0.15, -0.1) is 0 Å². The third-order valence-electron chi connectivity index (χ3n) is 5.84. The van der Waals surface area contributed by atoms with Gasteiger partial charge in [-0.3, -0.25) is 9.69 Å². The normalized spacial score (nSPS) is 13.6. The molecule has 1 aliphatic rings. The number of carbonyl (C=O) groups is 2. The summed E-state index contributed by atoms with van der Waals surface area (Å²) in [5.74, 6) is 1.11. The molecule has 0 aliphatic carbocycles. The Hall–Kier alpha value is -4.00. The molecule has 1 saturated heterocycles. The number of urea groups is 1. The molecule has 1 fully saturated rings. The number of ether oxygens (including phenoxy) is 2.